The molecule has 0 saturated heterocycles. The summed E-state index contributed by atoms with van der Waals surface area (Å²) >= 11 is 0. The van der Waals surface area contributed by atoms with Crippen LogP contribution in [0, 0.1) is 5.41 Å². The SMILES string of the molecule is CCCC[N+](CC)(CC)CCCC(C)(C)C. The van der Waals surface area contributed by atoms with E-state index in [-0.39, 0.29) is 0 Å². The van der Waals surface area contributed by atoms with Gasteiger partial charge in [0.15, 0.2) is 0 Å². The number of hydrogen-bond donors (Lipinski definition) is 0. The van der Waals surface area contributed by atoms with E-state index in [1.54, 1.807) is 0 Å². The van der Waals surface area contributed by atoms with Crippen molar-refractivity contribution in [1.29, 1.82) is 0 Å². The van der Waals surface area contributed by atoms with Crippen molar-refractivity contribution < 1.29 is 4.48 Å². The second-order valence-electron chi connectivity index (χ2n) is 6.44. The highest BCUT2D eigenvalue weighted by Crippen LogP contribution is 2.22. The second kappa shape index (κ2) is 7.32. The Kier molecular flexibility index (Phi) is 7.30. The number of hydrogen-bond acceptors (Lipinski definition) is 0. The van der Waals surface area contributed by atoms with Gasteiger partial charge in [-0.05, 0) is 38.5 Å². The molecule has 0 fully saturated rings. The fourth-order valence-electron chi connectivity index (χ4n) is 2.41. The predicted octanol–water partition coefficient (Wildman–Crippen LogP) is 4.47. The average Bonchev–Trinajstić information content (AvgIpc) is 2.22. The first-order valence-electron chi connectivity index (χ1n) is 7.24. The lowest BCUT2D eigenvalue weighted by Crippen LogP contribution is -2.49. The Morgan fingerprint density at radius 1 is 0.812 bits per heavy atom. The van der Waals surface area contributed by atoms with Gasteiger partial charge in [-0.3, -0.25) is 0 Å². The summed E-state index contributed by atoms with van der Waals surface area (Å²) in [5.74, 6) is 0. The first-order valence-corrected chi connectivity index (χ1v) is 7.24. The van der Waals surface area contributed by atoms with E-state index in [0.717, 1.165) is 0 Å². The maximum absolute atomic E-state index is 2.36. The monoisotopic (exact) mass is 228 g/mol. The van der Waals surface area contributed by atoms with Gasteiger partial charge >= 0.3 is 0 Å². The molecule has 0 atom stereocenters. The van der Waals surface area contributed by atoms with Crippen LogP contribution in [0.3, 0.4) is 0 Å². The third-order valence-electron chi connectivity index (χ3n) is 3.89. The van der Waals surface area contributed by atoms with Crippen LogP contribution in [0.25, 0.3) is 0 Å². The van der Waals surface area contributed by atoms with Gasteiger partial charge in [-0.2, -0.15) is 0 Å². The number of unbranched alkanes of at least 4 members (excludes halogenated alkanes) is 1. The van der Waals surface area contributed by atoms with E-state index in [1.807, 2.05) is 0 Å². The second-order valence-corrected chi connectivity index (χ2v) is 6.44. The third-order valence-corrected chi connectivity index (χ3v) is 3.89. The number of nitrogens with zero attached hydrogens (tertiary/aromatic N) is 1. The standard InChI is InChI=1S/C15H34N/c1-7-10-13-16(8-2,9-3)14-11-12-15(4,5)6/h7-14H2,1-6H3/q+1. The van der Waals surface area contributed by atoms with Crippen LogP contribution in [0.4, 0.5) is 0 Å². The van der Waals surface area contributed by atoms with E-state index in [0.29, 0.717) is 5.41 Å². The van der Waals surface area contributed by atoms with Crippen LogP contribution in [-0.4, -0.2) is 30.7 Å². The molecule has 0 heterocycles. The molecular weight excluding hydrogens is 194 g/mol. The van der Waals surface area contributed by atoms with Crippen LogP contribution in [-0.2, 0) is 0 Å². The molecule has 0 aromatic rings. The van der Waals surface area contributed by atoms with Crippen molar-refractivity contribution in [2.75, 3.05) is 26.2 Å². The minimum absolute atomic E-state index is 0.502. The van der Waals surface area contributed by atoms with E-state index in [1.165, 1.54) is 56.3 Å². The van der Waals surface area contributed by atoms with Gasteiger partial charge in [-0.15, -0.1) is 0 Å². The van der Waals surface area contributed by atoms with Crippen LogP contribution in [0.15, 0.2) is 0 Å². The Hall–Kier alpha value is -0.0400. The Morgan fingerprint density at radius 2 is 1.31 bits per heavy atom. The molecule has 0 aromatic heterocycles. The van der Waals surface area contributed by atoms with Crippen molar-refractivity contribution in [1.82, 2.24) is 0 Å². The molecule has 0 unspecified atom stereocenters. The molecule has 1 heteroatoms. The maximum Gasteiger partial charge on any atom is 0.0786 e. The van der Waals surface area contributed by atoms with Crippen molar-refractivity contribution in [2.45, 2.75) is 67.2 Å². The molecule has 0 bridgehead atoms. The first-order chi connectivity index (χ1) is 7.39. The lowest BCUT2D eigenvalue weighted by atomic mass is 9.90. The van der Waals surface area contributed by atoms with Crippen LogP contribution in [0.1, 0.15) is 67.2 Å². The third kappa shape index (κ3) is 6.52. The minimum Gasteiger partial charge on any atom is -0.324 e. The van der Waals surface area contributed by atoms with Crippen molar-refractivity contribution in [3.05, 3.63) is 0 Å². The van der Waals surface area contributed by atoms with E-state index in [9.17, 15) is 0 Å². The van der Waals surface area contributed by atoms with Crippen LogP contribution in [0.5, 0.6) is 0 Å². The molecule has 0 saturated carbocycles. The molecule has 0 aromatic carbocycles. The van der Waals surface area contributed by atoms with Gasteiger partial charge in [-0.1, -0.05) is 34.1 Å². The topological polar surface area (TPSA) is 0 Å². The summed E-state index contributed by atoms with van der Waals surface area (Å²) in [5.41, 5.74) is 0.502. The van der Waals surface area contributed by atoms with E-state index < -0.39 is 0 Å². The maximum atomic E-state index is 2.36. The Bertz CT molecular complexity index is 163. The zero-order valence-electron chi connectivity index (χ0n) is 12.6. The van der Waals surface area contributed by atoms with Gasteiger partial charge < -0.3 is 4.48 Å². The molecule has 0 aliphatic heterocycles. The zero-order valence-corrected chi connectivity index (χ0v) is 12.6. The van der Waals surface area contributed by atoms with Crippen molar-refractivity contribution in [3.8, 4) is 0 Å². The molecule has 98 valence electrons. The average molecular weight is 228 g/mol. The van der Waals surface area contributed by atoms with E-state index in [2.05, 4.69) is 41.5 Å². The highest BCUT2D eigenvalue weighted by Gasteiger charge is 2.22. The van der Waals surface area contributed by atoms with Crippen LogP contribution >= 0.6 is 0 Å². The van der Waals surface area contributed by atoms with Gasteiger partial charge in [0.1, 0.15) is 0 Å². The molecule has 0 rings (SSSR count). The molecule has 1 nitrogen and oxygen atoms in total. The van der Waals surface area contributed by atoms with Gasteiger partial charge in [-0.25, -0.2) is 0 Å². The molecule has 0 radical (unpaired) electrons. The van der Waals surface area contributed by atoms with Crippen molar-refractivity contribution in [3.63, 3.8) is 0 Å². The molecule has 0 spiro atoms. The van der Waals surface area contributed by atoms with Crippen molar-refractivity contribution in [2.24, 2.45) is 5.41 Å². The van der Waals surface area contributed by atoms with E-state index in [4.69, 9.17) is 0 Å². The predicted molar refractivity (Wildman–Crippen MR) is 74.7 cm³/mol. The van der Waals surface area contributed by atoms with Gasteiger partial charge in [0.2, 0.25) is 0 Å². The molecule has 16 heavy (non-hydrogen) atoms. The molecule has 0 aliphatic carbocycles. The minimum atomic E-state index is 0.502. The number of rotatable bonds is 8. The summed E-state index contributed by atoms with van der Waals surface area (Å²) in [6.07, 6.45) is 5.46. The Morgan fingerprint density at radius 3 is 1.69 bits per heavy atom. The van der Waals surface area contributed by atoms with Gasteiger partial charge in [0.05, 0.1) is 26.2 Å². The van der Waals surface area contributed by atoms with Gasteiger partial charge in [0, 0.05) is 0 Å². The molecular formula is C15H34N+. The molecule has 0 amide bonds. The summed E-state index contributed by atoms with van der Waals surface area (Å²) in [7, 11) is 0. The summed E-state index contributed by atoms with van der Waals surface area (Å²) in [6.45, 7) is 19.4. The quantitative estimate of drug-likeness (QED) is 0.538. The fraction of sp³-hybridized carbons (Fsp3) is 1.00. The lowest BCUT2D eigenvalue weighted by molar-refractivity contribution is -0.925. The summed E-state index contributed by atoms with van der Waals surface area (Å²) in [6, 6.07) is 0. The largest absolute Gasteiger partial charge is 0.324 e. The lowest BCUT2D eigenvalue weighted by Gasteiger charge is -2.37. The normalized spacial score (nSPS) is 13.1. The highest BCUT2D eigenvalue weighted by atomic mass is 15.3. The highest BCUT2D eigenvalue weighted by molar-refractivity contribution is 4.61. The number of quaternary nitrogens is 1. The van der Waals surface area contributed by atoms with Crippen LogP contribution in [0.2, 0.25) is 0 Å². The van der Waals surface area contributed by atoms with E-state index >= 15 is 0 Å². The smallest absolute Gasteiger partial charge is 0.0786 e. The Labute approximate surface area is 104 Å². The van der Waals surface area contributed by atoms with Gasteiger partial charge in [0.25, 0.3) is 0 Å². The van der Waals surface area contributed by atoms with Crippen LogP contribution < -0.4 is 0 Å². The fourth-order valence-corrected chi connectivity index (χ4v) is 2.41. The summed E-state index contributed by atoms with van der Waals surface area (Å²) < 4.78 is 1.34. The molecule has 0 N–H and O–H groups in total. The summed E-state index contributed by atoms with van der Waals surface area (Å²) in [5, 5.41) is 0. The molecule has 0 aliphatic rings. The summed E-state index contributed by atoms with van der Waals surface area (Å²) in [4.78, 5) is 0. The van der Waals surface area contributed by atoms with Crippen molar-refractivity contribution >= 4 is 0 Å². The Balaban J connectivity index is 4.11. The zero-order chi connectivity index (χ0) is 12.7. The first kappa shape index (κ1) is 16.0.